The number of hydrogen-bond acceptors (Lipinski definition) is 4. The highest BCUT2D eigenvalue weighted by Gasteiger charge is 2.28. The summed E-state index contributed by atoms with van der Waals surface area (Å²) < 4.78 is 26.9. The van der Waals surface area contributed by atoms with Crippen molar-refractivity contribution in [1.82, 2.24) is 14.9 Å². The van der Waals surface area contributed by atoms with Crippen LogP contribution in [0.5, 0.6) is 0 Å². The molecule has 0 unspecified atom stereocenters. The summed E-state index contributed by atoms with van der Waals surface area (Å²) in [6.07, 6.45) is 3.69. The molecule has 1 saturated carbocycles. The topological polar surface area (TPSA) is 78.5 Å². The summed E-state index contributed by atoms with van der Waals surface area (Å²) in [5, 5.41) is 3.24. The Bertz CT molecular complexity index is 666. The van der Waals surface area contributed by atoms with Crippen LogP contribution in [0.4, 0.5) is 0 Å². The van der Waals surface area contributed by atoms with Crippen LogP contribution < -0.4 is 10.0 Å². The fraction of sp³-hybridized carbons (Fsp3) is 0.562. The van der Waals surface area contributed by atoms with Crippen molar-refractivity contribution in [3.8, 4) is 0 Å². The van der Waals surface area contributed by atoms with Crippen LogP contribution in [0.15, 0.2) is 29.2 Å². The van der Waals surface area contributed by atoms with Gasteiger partial charge in [0.1, 0.15) is 0 Å². The summed E-state index contributed by atoms with van der Waals surface area (Å²) in [5.74, 6) is -0.0290. The molecule has 1 amide bonds. The summed E-state index contributed by atoms with van der Waals surface area (Å²) in [5.41, 5.74) is 0.540. The Labute approximate surface area is 149 Å². The number of sulfonamides is 1. The average Bonchev–Trinajstić information content (AvgIpc) is 3.38. The van der Waals surface area contributed by atoms with Gasteiger partial charge >= 0.3 is 0 Å². The second-order valence-corrected chi connectivity index (χ2v) is 7.99. The molecule has 1 aromatic rings. The van der Waals surface area contributed by atoms with Crippen LogP contribution in [-0.4, -0.2) is 51.4 Å². The quantitative estimate of drug-likeness (QED) is 0.817. The number of nitrogens with one attached hydrogen (secondary N) is 2. The van der Waals surface area contributed by atoms with Gasteiger partial charge in [0, 0.05) is 30.7 Å². The highest BCUT2D eigenvalue weighted by Crippen LogP contribution is 2.22. The molecular weight excluding hydrogens is 350 g/mol. The number of amides is 1. The van der Waals surface area contributed by atoms with Gasteiger partial charge in [-0.1, -0.05) is 0 Å². The number of carbonyl (C=O) groups is 1. The van der Waals surface area contributed by atoms with Crippen LogP contribution >= 0.6 is 12.4 Å². The van der Waals surface area contributed by atoms with Crippen LogP contribution in [0.2, 0.25) is 0 Å². The first-order valence-corrected chi connectivity index (χ1v) is 9.57. The summed E-state index contributed by atoms with van der Waals surface area (Å²) in [6, 6.07) is 6.79. The van der Waals surface area contributed by atoms with Crippen molar-refractivity contribution in [3.05, 3.63) is 29.8 Å². The van der Waals surface area contributed by atoms with Crippen LogP contribution in [-0.2, 0) is 10.0 Å². The smallest absolute Gasteiger partial charge is 0.253 e. The van der Waals surface area contributed by atoms with Crippen molar-refractivity contribution in [3.63, 3.8) is 0 Å². The molecule has 0 radical (unpaired) electrons. The second-order valence-electron chi connectivity index (χ2n) is 6.28. The molecular formula is C16H24ClN3O3S. The molecule has 3 rings (SSSR count). The molecule has 0 bridgehead atoms. The molecule has 2 fully saturated rings. The number of nitrogens with zero attached hydrogens (tertiary/aromatic N) is 1. The van der Waals surface area contributed by atoms with Gasteiger partial charge in [-0.3, -0.25) is 4.79 Å². The molecule has 2 aliphatic rings. The first-order valence-electron chi connectivity index (χ1n) is 8.08. The van der Waals surface area contributed by atoms with E-state index in [0.717, 1.165) is 38.8 Å². The van der Waals surface area contributed by atoms with E-state index in [9.17, 15) is 13.2 Å². The Morgan fingerprint density at radius 2 is 1.62 bits per heavy atom. The Hall–Kier alpha value is -1.15. The lowest BCUT2D eigenvalue weighted by Crippen LogP contribution is -2.43. The molecule has 24 heavy (non-hydrogen) atoms. The molecule has 0 aromatic heterocycles. The third-order valence-electron chi connectivity index (χ3n) is 4.50. The number of benzene rings is 1. The summed E-state index contributed by atoms with van der Waals surface area (Å²) in [6.45, 7) is 1.46. The fourth-order valence-electron chi connectivity index (χ4n) is 2.82. The molecule has 1 saturated heterocycles. The Kier molecular flexibility index (Phi) is 6.25. The molecule has 0 spiro atoms. The van der Waals surface area contributed by atoms with E-state index in [0.29, 0.717) is 11.6 Å². The highest BCUT2D eigenvalue weighted by molar-refractivity contribution is 7.89. The molecule has 0 atom stereocenters. The Morgan fingerprint density at radius 3 is 2.12 bits per heavy atom. The van der Waals surface area contributed by atoms with Crippen molar-refractivity contribution in [2.75, 3.05) is 20.1 Å². The standard InChI is InChI=1S/C16H23N3O3S.ClH/c1-17-13-8-10-19(11-9-13)16(20)12-2-6-15(7-3-12)23(21,22)18-14-4-5-14;/h2-3,6-7,13-14,17-18H,4-5,8-11H2,1H3;1H. The van der Waals surface area contributed by atoms with E-state index in [1.165, 1.54) is 12.1 Å². The SMILES string of the molecule is CNC1CCN(C(=O)c2ccc(S(=O)(=O)NC3CC3)cc2)CC1.Cl. The normalized spacial score (nSPS) is 19.0. The summed E-state index contributed by atoms with van der Waals surface area (Å²) >= 11 is 0. The zero-order valence-corrected chi connectivity index (χ0v) is 15.3. The van der Waals surface area contributed by atoms with E-state index in [1.54, 1.807) is 12.1 Å². The zero-order valence-electron chi connectivity index (χ0n) is 13.7. The minimum atomic E-state index is -3.46. The first-order chi connectivity index (χ1) is 11.0. The number of hydrogen-bond donors (Lipinski definition) is 2. The van der Waals surface area contributed by atoms with E-state index in [-0.39, 0.29) is 29.3 Å². The largest absolute Gasteiger partial charge is 0.339 e. The number of piperidine rings is 1. The van der Waals surface area contributed by atoms with E-state index in [4.69, 9.17) is 0 Å². The lowest BCUT2D eigenvalue weighted by atomic mass is 10.0. The van der Waals surface area contributed by atoms with Gasteiger partial charge in [-0.25, -0.2) is 13.1 Å². The third kappa shape index (κ3) is 4.47. The van der Waals surface area contributed by atoms with Gasteiger partial charge in [-0.2, -0.15) is 0 Å². The van der Waals surface area contributed by atoms with E-state index < -0.39 is 10.0 Å². The molecule has 6 nitrogen and oxygen atoms in total. The Balaban J connectivity index is 0.00000208. The summed E-state index contributed by atoms with van der Waals surface area (Å²) in [4.78, 5) is 14.5. The van der Waals surface area contributed by atoms with Gasteiger partial charge in [-0.05, 0) is 57.0 Å². The maximum absolute atomic E-state index is 12.5. The van der Waals surface area contributed by atoms with Crippen molar-refractivity contribution in [1.29, 1.82) is 0 Å². The van der Waals surface area contributed by atoms with Gasteiger partial charge in [0.15, 0.2) is 0 Å². The number of rotatable bonds is 5. The van der Waals surface area contributed by atoms with Crippen molar-refractivity contribution in [2.24, 2.45) is 0 Å². The minimum Gasteiger partial charge on any atom is -0.339 e. The van der Waals surface area contributed by atoms with Gasteiger partial charge in [0.25, 0.3) is 5.91 Å². The molecule has 1 aliphatic carbocycles. The zero-order chi connectivity index (χ0) is 16.4. The lowest BCUT2D eigenvalue weighted by Gasteiger charge is -2.31. The van der Waals surface area contributed by atoms with Gasteiger partial charge in [-0.15, -0.1) is 12.4 Å². The predicted molar refractivity (Wildman–Crippen MR) is 95.0 cm³/mol. The molecule has 2 N–H and O–H groups in total. The van der Waals surface area contributed by atoms with E-state index in [1.807, 2.05) is 11.9 Å². The molecule has 8 heteroatoms. The van der Waals surface area contributed by atoms with E-state index in [2.05, 4.69) is 10.0 Å². The fourth-order valence-corrected chi connectivity index (χ4v) is 4.12. The van der Waals surface area contributed by atoms with Crippen molar-refractivity contribution >= 4 is 28.3 Å². The van der Waals surface area contributed by atoms with Crippen molar-refractivity contribution in [2.45, 2.75) is 42.7 Å². The monoisotopic (exact) mass is 373 g/mol. The maximum atomic E-state index is 12.5. The van der Waals surface area contributed by atoms with Gasteiger partial charge < -0.3 is 10.2 Å². The maximum Gasteiger partial charge on any atom is 0.253 e. The molecule has 134 valence electrons. The van der Waals surface area contributed by atoms with Gasteiger partial charge in [0.2, 0.25) is 10.0 Å². The number of likely N-dealkylation sites (tertiary alicyclic amines) is 1. The molecule has 1 heterocycles. The van der Waals surface area contributed by atoms with Gasteiger partial charge in [0.05, 0.1) is 4.90 Å². The Morgan fingerprint density at radius 1 is 1.04 bits per heavy atom. The van der Waals surface area contributed by atoms with E-state index >= 15 is 0 Å². The average molecular weight is 374 g/mol. The molecule has 1 aliphatic heterocycles. The predicted octanol–water partition coefficient (Wildman–Crippen LogP) is 1.37. The number of halogens is 1. The second kappa shape index (κ2) is 7.82. The van der Waals surface area contributed by atoms with Crippen LogP contribution in [0.1, 0.15) is 36.0 Å². The van der Waals surface area contributed by atoms with Crippen LogP contribution in [0.25, 0.3) is 0 Å². The summed E-state index contributed by atoms with van der Waals surface area (Å²) in [7, 11) is -1.52. The minimum absolute atomic E-state index is 0. The van der Waals surface area contributed by atoms with Crippen LogP contribution in [0, 0.1) is 0 Å². The van der Waals surface area contributed by atoms with Crippen molar-refractivity contribution < 1.29 is 13.2 Å². The number of carbonyl (C=O) groups excluding carboxylic acids is 1. The third-order valence-corrected chi connectivity index (χ3v) is 6.04. The van der Waals surface area contributed by atoms with Crippen LogP contribution in [0.3, 0.4) is 0 Å². The first kappa shape index (κ1) is 19.2. The lowest BCUT2D eigenvalue weighted by molar-refractivity contribution is 0.0707. The highest BCUT2D eigenvalue weighted by atomic mass is 35.5. The molecule has 1 aromatic carbocycles.